The Morgan fingerprint density at radius 1 is 0.872 bits per heavy atom. The number of benzene rings is 2. The van der Waals surface area contributed by atoms with Gasteiger partial charge < -0.3 is 19.4 Å². The topological polar surface area (TPSA) is 82.1 Å². The zero-order valence-electron chi connectivity index (χ0n) is 21.9. The molecule has 3 heterocycles. The van der Waals surface area contributed by atoms with Crippen LogP contribution in [0.1, 0.15) is 10.4 Å². The second kappa shape index (κ2) is 12.8. The molecule has 0 N–H and O–H groups in total. The quantitative estimate of drug-likeness (QED) is 0.441. The van der Waals surface area contributed by atoms with Crippen molar-refractivity contribution in [1.29, 1.82) is 0 Å². The second-order valence-corrected chi connectivity index (χ2v) is 9.70. The minimum atomic E-state index is -0.476. The summed E-state index contributed by atoms with van der Waals surface area (Å²) in [5.74, 6) is -0.165. The van der Waals surface area contributed by atoms with E-state index in [1.165, 1.54) is 23.1 Å². The lowest BCUT2D eigenvalue weighted by molar-refractivity contribution is -0.132. The highest BCUT2D eigenvalue weighted by atomic mass is 19.1. The van der Waals surface area contributed by atoms with Crippen molar-refractivity contribution in [3.63, 3.8) is 0 Å². The fraction of sp³-hybridized carbons (Fsp3) is 0.379. The molecule has 10 heteroatoms. The molecule has 0 spiro atoms. The van der Waals surface area contributed by atoms with Crippen LogP contribution >= 0.6 is 0 Å². The minimum absolute atomic E-state index is 0.0503. The van der Waals surface area contributed by atoms with Crippen molar-refractivity contribution < 1.29 is 18.7 Å². The molecule has 3 aromatic rings. The lowest BCUT2D eigenvalue weighted by Gasteiger charge is -2.36. The van der Waals surface area contributed by atoms with Crippen LogP contribution in [0.5, 0.6) is 0 Å². The summed E-state index contributed by atoms with van der Waals surface area (Å²) in [4.78, 5) is 34.2. The van der Waals surface area contributed by atoms with Crippen LogP contribution in [0.25, 0.3) is 11.3 Å². The largest absolute Gasteiger partial charge is 0.379 e. The predicted octanol–water partition coefficient (Wildman–Crippen LogP) is 2.41. The third kappa shape index (κ3) is 6.96. The molecule has 1 aromatic heterocycles. The molecule has 2 fully saturated rings. The van der Waals surface area contributed by atoms with Gasteiger partial charge in [-0.2, -0.15) is 0 Å². The molecule has 0 bridgehead atoms. The predicted molar refractivity (Wildman–Crippen MR) is 146 cm³/mol. The van der Waals surface area contributed by atoms with E-state index in [1.807, 2.05) is 42.5 Å². The molecular formula is C29H33FN6O3. The molecule has 2 aromatic carbocycles. The number of morpholine rings is 1. The number of aromatic nitrogens is 2. The molecular weight excluding hydrogens is 499 g/mol. The van der Waals surface area contributed by atoms with Gasteiger partial charge in [-0.05, 0) is 30.3 Å². The van der Waals surface area contributed by atoms with Crippen LogP contribution in [-0.4, -0.2) is 109 Å². The van der Waals surface area contributed by atoms with Crippen molar-refractivity contribution in [2.24, 2.45) is 0 Å². The highest BCUT2D eigenvalue weighted by molar-refractivity contribution is 5.96. The minimum Gasteiger partial charge on any atom is -0.379 e. The Morgan fingerprint density at radius 2 is 1.64 bits per heavy atom. The maximum atomic E-state index is 13.8. The highest BCUT2D eigenvalue weighted by Gasteiger charge is 2.26. The number of ether oxygens (including phenoxy) is 1. The fourth-order valence-electron chi connectivity index (χ4n) is 4.85. The van der Waals surface area contributed by atoms with E-state index in [9.17, 15) is 14.0 Å². The number of nitrogens with zero attached hydrogens (tertiary/aromatic N) is 6. The number of hydrogen-bond donors (Lipinski definition) is 0. The van der Waals surface area contributed by atoms with Crippen molar-refractivity contribution >= 4 is 17.6 Å². The summed E-state index contributed by atoms with van der Waals surface area (Å²) in [7, 11) is 0. The van der Waals surface area contributed by atoms with Gasteiger partial charge in [-0.1, -0.05) is 36.4 Å². The molecule has 39 heavy (non-hydrogen) atoms. The zero-order valence-corrected chi connectivity index (χ0v) is 21.9. The van der Waals surface area contributed by atoms with Crippen LogP contribution in [0.3, 0.4) is 0 Å². The highest BCUT2D eigenvalue weighted by Crippen LogP contribution is 2.19. The zero-order chi connectivity index (χ0) is 27.0. The Hall–Kier alpha value is -3.89. The maximum Gasteiger partial charge on any atom is 0.254 e. The fourth-order valence-corrected chi connectivity index (χ4v) is 4.85. The summed E-state index contributed by atoms with van der Waals surface area (Å²) < 4.78 is 19.2. The standard InChI is InChI=1S/C29H33FN6O3/c30-25-8-4-7-24(21-25)29(38)36(12-11-33-17-19-39-20-18-33)22-28(37)35-15-13-34(14-16-35)27-10-9-26(31-32-27)23-5-2-1-3-6-23/h1-10,21H,11-20,22H2. The number of piperazine rings is 1. The average Bonchev–Trinajstić information content (AvgIpc) is 3.00. The number of carbonyl (C=O) groups excluding carboxylic acids is 2. The van der Waals surface area contributed by atoms with Crippen molar-refractivity contribution in [1.82, 2.24) is 24.9 Å². The molecule has 2 aliphatic rings. The molecule has 5 rings (SSSR count). The first-order valence-corrected chi connectivity index (χ1v) is 13.3. The Balaban J connectivity index is 1.19. The first-order chi connectivity index (χ1) is 19.1. The second-order valence-electron chi connectivity index (χ2n) is 9.70. The molecule has 0 saturated carbocycles. The normalized spacial score (nSPS) is 16.2. The number of hydrogen-bond acceptors (Lipinski definition) is 7. The Morgan fingerprint density at radius 3 is 2.33 bits per heavy atom. The van der Waals surface area contributed by atoms with E-state index in [2.05, 4.69) is 20.0 Å². The number of carbonyl (C=O) groups is 2. The van der Waals surface area contributed by atoms with E-state index >= 15 is 0 Å². The van der Waals surface area contributed by atoms with Gasteiger partial charge in [0.05, 0.1) is 18.9 Å². The van der Waals surface area contributed by atoms with E-state index in [0.717, 1.165) is 30.2 Å². The molecule has 0 unspecified atom stereocenters. The molecule has 2 saturated heterocycles. The van der Waals surface area contributed by atoms with Crippen molar-refractivity contribution in [2.45, 2.75) is 0 Å². The molecule has 0 atom stereocenters. The van der Waals surface area contributed by atoms with Crippen LogP contribution in [0, 0.1) is 5.82 Å². The molecule has 9 nitrogen and oxygen atoms in total. The van der Waals surface area contributed by atoms with Crippen LogP contribution in [-0.2, 0) is 9.53 Å². The summed E-state index contributed by atoms with van der Waals surface area (Å²) in [5, 5.41) is 8.78. The summed E-state index contributed by atoms with van der Waals surface area (Å²) >= 11 is 0. The van der Waals surface area contributed by atoms with Gasteiger partial charge in [0.2, 0.25) is 5.91 Å². The van der Waals surface area contributed by atoms with Gasteiger partial charge in [0.25, 0.3) is 5.91 Å². The van der Waals surface area contributed by atoms with E-state index in [1.54, 1.807) is 11.0 Å². The number of anilines is 1. The third-order valence-corrected chi connectivity index (χ3v) is 7.15. The van der Waals surface area contributed by atoms with Gasteiger partial charge in [0.1, 0.15) is 12.4 Å². The third-order valence-electron chi connectivity index (χ3n) is 7.15. The van der Waals surface area contributed by atoms with Crippen LogP contribution in [0.2, 0.25) is 0 Å². The van der Waals surface area contributed by atoms with Crippen molar-refractivity contribution in [2.75, 3.05) is 77.0 Å². The van der Waals surface area contributed by atoms with Gasteiger partial charge in [0, 0.05) is 63.5 Å². The van der Waals surface area contributed by atoms with Crippen molar-refractivity contribution in [3.8, 4) is 11.3 Å². The average molecular weight is 533 g/mol. The van der Waals surface area contributed by atoms with E-state index < -0.39 is 5.82 Å². The van der Waals surface area contributed by atoms with E-state index in [0.29, 0.717) is 52.5 Å². The summed E-state index contributed by atoms with van der Waals surface area (Å²) in [5.41, 5.74) is 2.07. The first-order valence-electron chi connectivity index (χ1n) is 13.3. The summed E-state index contributed by atoms with van der Waals surface area (Å²) in [6, 6.07) is 19.4. The van der Waals surface area contributed by atoms with Gasteiger partial charge in [0.15, 0.2) is 5.82 Å². The molecule has 0 radical (unpaired) electrons. The Labute approximate surface area is 227 Å². The van der Waals surface area contributed by atoms with E-state index in [-0.39, 0.29) is 23.9 Å². The monoisotopic (exact) mass is 532 g/mol. The number of amides is 2. The Bertz CT molecular complexity index is 1250. The SMILES string of the molecule is O=C(CN(CCN1CCOCC1)C(=O)c1cccc(F)c1)N1CCN(c2ccc(-c3ccccc3)nn2)CC1. The number of halogens is 1. The summed E-state index contributed by atoms with van der Waals surface area (Å²) in [6.45, 7) is 6.12. The van der Waals surface area contributed by atoms with Crippen molar-refractivity contribution in [3.05, 3.63) is 78.1 Å². The van der Waals surface area contributed by atoms with Gasteiger partial charge in [-0.25, -0.2) is 4.39 Å². The number of rotatable bonds is 8. The molecule has 204 valence electrons. The first kappa shape index (κ1) is 26.7. The lowest BCUT2D eigenvalue weighted by Crippen LogP contribution is -2.53. The van der Waals surface area contributed by atoms with Crippen LogP contribution < -0.4 is 4.90 Å². The van der Waals surface area contributed by atoms with Crippen LogP contribution in [0.15, 0.2) is 66.7 Å². The molecule has 2 amide bonds. The smallest absolute Gasteiger partial charge is 0.254 e. The maximum absolute atomic E-state index is 13.8. The van der Waals surface area contributed by atoms with Gasteiger partial charge >= 0.3 is 0 Å². The van der Waals surface area contributed by atoms with Gasteiger partial charge in [-0.15, -0.1) is 10.2 Å². The Kier molecular flexibility index (Phi) is 8.75. The molecule has 0 aliphatic carbocycles. The summed E-state index contributed by atoms with van der Waals surface area (Å²) in [6.07, 6.45) is 0. The molecule has 2 aliphatic heterocycles. The lowest BCUT2D eigenvalue weighted by atomic mass is 10.1. The van der Waals surface area contributed by atoms with E-state index in [4.69, 9.17) is 4.74 Å². The van der Waals surface area contributed by atoms with Crippen LogP contribution in [0.4, 0.5) is 10.2 Å². The van der Waals surface area contributed by atoms with Gasteiger partial charge in [-0.3, -0.25) is 14.5 Å².